The lowest BCUT2D eigenvalue weighted by molar-refractivity contribution is -0.170. The van der Waals surface area contributed by atoms with E-state index >= 15 is 0 Å². The first-order chi connectivity index (χ1) is 26.3. The number of ether oxygens (including phenoxy) is 3. The molecule has 1 aromatic carbocycles. The van der Waals surface area contributed by atoms with Gasteiger partial charge in [-0.3, -0.25) is 28.7 Å². The summed E-state index contributed by atoms with van der Waals surface area (Å²) in [6, 6.07) is 3.85. The maximum Gasteiger partial charge on any atom is 0.450 e. The molecule has 0 radical (unpaired) electrons. The van der Waals surface area contributed by atoms with Crippen molar-refractivity contribution in [1.29, 1.82) is 0 Å². The molecule has 0 saturated carbocycles. The van der Waals surface area contributed by atoms with E-state index < -0.39 is 87.8 Å². The smallest absolute Gasteiger partial charge is 0.450 e. The zero-order valence-corrected chi connectivity index (χ0v) is 35.9. The van der Waals surface area contributed by atoms with Crippen LogP contribution in [0.1, 0.15) is 98.6 Å². The summed E-state index contributed by atoms with van der Waals surface area (Å²) in [5.41, 5.74) is -0.478. The van der Waals surface area contributed by atoms with Crippen LogP contribution in [0.15, 0.2) is 24.3 Å². The van der Waals surface area contributed by atoms with Gasteiger partial charge >= 0.3 is 12.1 Å². The number of carbonyl (C=O) groups is 5. The Hall–Kier alpha value is -3.57. The third-order valence-electron chi connectivity index (χ3n) is 10.5. The average Bonchev–Trinajstić information content (AvgIpc) is 3.58. The fourth-order valence-electron chi connectivity index (χ4n) is 7.28. The van der Waals surface area contributed by atoms with E-state index in [1.54, 1.807) is 37.6 Å². The zero-order chi connectivity index (χ0) is 43.6. The largest absolute Gasteiger partial charge is 0.460 e. The first kappa shape index (κ1) is 49.6. The summed E-state index contributed by atoms with van der Waals surface area (Å²) in [6.45, 7) is 14.8. The molecule has 7 atom stereocenters. The molecule has 1 aliphatic rings. The number of Topliss-reactive ketones (excluding diaryl/α,β-unsaturated/α-hetero) is 1. The van der Waals surface area contributed by atoms with Crippen LogP contribution in [0.4, 0.5) is 13.2 Å². The fraction of sp³-hybridized carbons (Fsp3) is 0.725. The zero-order valence-electron chi connectivity index (χ0n) is 35.1. The number of nitrogens with zero attached hydrogens (tertiary/aromatic N) is 2. The Morgan fingerprint density at radius 2 is 1.53 bits per heavy atom. The number of nitrogens with one attached hydrogen (secondary N) is 1. The maximum atomic E-state index is 14.1. The van der Waals surface area contributed by atoms with E-state index in [1.807, 2.05) is 27.7 Å². The molecular weight excluding hydrogens is 772 g/mol. The molecule has 1 unspecified atom stereocenters. The molecule has 0 aliphatic carbocycles. The lowest BCUT2D eigenvalue weighted by Crippen LogP contribution is -2.54. The standard InChI is InChI=1S/C40H62F3N3O10S/c1-12-25(4)35(45(9)38(51)29(24(2)3)21-34(49)56-39(6,7)8)31(54-10)22-33(48)46-19-13-14-30(46)36(55-11)26(5)37(50)44-57(52,53)23-28-17-15-27(16-18-28)20-32(47)40(41,42)43/h15-18,24-26,29-31,35-36H,12-14,19-23H2,1-11H3,(H,44,50)/t25?,26-,29+,30+,31-,35+,36-/m1/s1. The summed E-state index contributed by atoms with van der Waals surface area (Å²) >= 11 is 0. The molecule has 1 aromatic rings. The van der Waals surface area contributed by atoms with Gasteiger partial charge in [-0.2, -0.15) is 13.2 Å². The van der Waals surface area contributed by atoms with Crippen molar-refractivity contribution < 1.29 is 59.8 Å². The minimum atomic E-state index is -4.99. The quantitative estimate of drug-likeness (QED) is 0.172. The Kier molecular flexibility index (Phi) is 18.2. The van der Waals surface area contributed by atoms with Gasteiger partial charge in [0, 0.05) is 34.2 Å². The highest BCUT2D eigenvalue weighted by Gasteiger charge is 2.43. The van der Waals surface area contributed by atoms with Crippen LogP contribution in [0.2, 0.25) is 0 Å². The average molecular weight is 834 g/mol. The molecule has 1 aliphatic heterocycles. The summed E-state index contributed by atoms with van der Waals surface area (Å²) in [7, 11) is 0.229. The Bertz CT molecular complexity index is 1650. The van der Waals surface area contributed by atoms with Gasteiger partial charge in [0.05, 0.1) is 54.7 Å². The second-order valence-electron chi connectivity index (χ2n) is 16.4. The maximum absolute atomic E-state index is 14.1. The first-order valence-corrected chi connectivity index (χ1v) is 21.0. The number of sulfonamides is 1. The lowest BCUT2D eigenvalue weighted by atomic mass is 9.86. The van der Waals surface area contributed by atoms with Crippen molar-refractivity contribution in [2.24, 2.45) is 23.7 Å². The van der Waals surface area contributed by atoms with Crippen LogP contribution >= 0.6 is 0 Å². The molecule has 1 fully saturated rings. The van der Waals surface area contributed by atoms with Gasteiger partial charge < -0.3 is 24.0 Å². The highest BCUT2D eigenvalue weighted by Crippen LogP contribution is 2.31. The minimum Gasteiger partial charge on any atom is -0.460 e. The molecular formula is C40H62F3N3O10S. The van der Waals surface area contributed by atoms with E-state index in [1.165, 1.54) is 45.4 Å². The molecule has 57 heavy (non-hydrogen) atoms. The lowest BCUT2D eigenvalue weighted by Gasteiger charge is -2.40. The van der Waals surface area contributed by atoms with Crippen LogP contribution in [0, 0.1) is 23.7 Å². The molecule has 1 saturated heterocycles. The predicted octanol–water partition coefficient (Wildman–Crippen LogP) is 5.23. The summed E-state index contributed by atoms with van der Waals surface area (Å²) in [6.07, 6.45) is -5.98. The molecule has 0 spiro atoms. The van der Waals surface area contributed by atoms with E-state index in [9.17, 15) is 45.6 Å². The van der Waals surface area contributed by atoms with Crippen molar-refractivity contribution in [3.63, 3.8) is 0 Å². The topological polar surface area (TPSA) is 166 Å². The van der Waals surface area contributed by atoms with Crippen LogP contribution in [0.3, 0.4) is 0 Å². The number of benzene rings is 1. The van der Waals surface area contributed by atoms with Crippen molar-refractivity contribution in [3.05, 3.63) is 35.4 Å². The number of alkyl halides is 3. The Labute approximate surface area is 335 Å². The third kappa shape index (κ3) is 14.6. The highest BCUT2D eigenvalue weighted by atomic mass is 32.2. The molecule has 17 heteroatoms. The Balaban J connectivity index is 2.21. The number of ketones is 1. The van der Waals surface area contributed by atoms with Crippen LogP contribution < -0.4 is 4.72 Å². The number of likely N-dealkylation sites (N-methyl/N-ethyl adjacent to an activating group) is 1. The Morgan fingerprint density at radius 3 is 2.02 bits per heavy atom. The summed E-state index contributed by atoms with van der Waals surface area (Å²) in [5.74, 6) is -6.49. The number of esters is 1. The fourth-order valence-corrected chi connectivity index (χ4v) is 8.48. The number of carbonyl (C=O) groups excluding carboxylic acids is 5. The van der Waals surface area contributed by atoms with E-state index in [4.69, 9.17) is 14.2 Å². The van der Waals surface area contributed by atoms with Gasteiger partial charge in [0.1, 0.15) is 5.60 Å². The van der Waals surface area contributed by atoms with Crippen molar-refractivity contribution in [3.8, 4) is 0 Å². The SMILES string of the molecule is CCC(C)[C@@H]([C@@H](CC(=O)N1CCC[C@H]1[C@H](OC)[C@@H](C)C(=O)NS(=O)(=O)Cc1ccc(CC(=O)C(F)(F)F)cc1)OC)N(C)C(=O)[C@@H](CC(=O)OC(C)(C)C)C(C)C. The van der Waals surface area contributed by atoms with Gasteiger partial charge in [-0.15, -0.1) is 0 Å². The van der Waals surface area contributed by atoms with E-state index in [-0.39, 0.29) is 47.6 Å². The highest BCUT2D eigenvalue weighted by molar-refractivity contribution is 7.89. The number of methoxy groups -OCH3 is 2. The summed E-state index contributed by atoms with van der Waals surface area (Å²) < 4.78 is 83.1. The van der Waals surface area contributed by atoms with Gasteiger partial charge in [-0.1, -0.05) is 65.3 Å². The number of amides is 3. The second kappa shape index (κ2) is 20.9. The minimum absolute atomic E-state index is 0.0533. The second-order valence-corrected chi connectivity index (χ2v) is 18.1. The van der Waals surface area contributed by atoms with Gasteiger partial charge in [-0.25, -0.2) is 8.42 Å². The van der Waals surface area contributed by atoms with Crippen LogP contribution in [0.5, 0.6) is 0 Å². The molecule has 2 rings (SSSR count). The molecule has 324 valence electrons. The number of rotatable bonds is 20. The number of likely N-dealkylation sites (tertiary alicyclic amines) is 1. The van der Waals surface area contributed by atoms with Gasteiger partial charge in [0.25, 0.3) is 0 Å². The van der Waals surface area contributed by atoms with Crippen molar-refractivity contribution in [2.45, 2.75) is 136 Å². The van der Waals surface area contributed by atoms with Crippen molar-refractivity contribution in [2.75, 3.05) is 27.8 Å². The molecule has 0 bridgehead atoms. The number of halogens is 3. The van der Waals surface area contributed by atoms with Gasteiger partial charge in [-0.05, 0) is 56.6 Å². The molecule has 13 nitrogen and oxygen atoms in total. The molecule has 3 amide bonds. The van der Waals surface area contributed by atoms with Crippen LogP contribution in [-0.2, 0) is 60.4 Å². The first-order valence-electron chi connectivity index (χ1n) is 19.3. The molecule has 1 N–H and O–H groups in total. The van der Waals surface area contributed by atoms with E-state index in [2.05, 4.69) is 4.72 Å². The van der Waals surface area contributed by atoms with Crippen molar-refractivity contribution in [1.82, 2.24) is 14.5 Å². The molecule has 0 aromatic heterocycles. The Morgan fingerprint density at radius 1 is 0.947 bits per heavy atom. The number of hydrogen-bond donors (Lipinski definition) is 1. The molecule has 1 heterocycles. The van der Waals surface area contributed by atoms with E-state index in [0.29, 0.717) is 25.8 Å². The predicted molar refractivity (Wildman–Crippen MR) is 207 cm³/mol. The van der Waals surface area contributed by atoms with Gasteiger partial charge in [0.15, 0.2) is 0 Å². The normalized spacial score (nSPS) is 18.3. The monoisotopic (exact) mass is 833 g/mol. The van der Waals surface area contributed by atoms with Crippen molar-refractivity contribution >= 4 is 39.5 Å². The van der Waals surface area contributed by atoms with E-state index in [0.717, 1.165) is 0 Å². The summed E-state index contributed by atoms with van der Waals surface area (Å²) in [5, 5.41) is 0. The third-order valence-corrected chi connectivity index (χ3v) is 11.7. The number of hydrogen-bond acceptors (Lipinski definition) is 10. The summed E-state index contributed by atoms with van der Waals surface area (Å²) in [4.78, 5) is 68.7. The van der Waals surface area contributed by atoms with Crippen LogP contribution in [-0.4, -0.2) is 112 Å². The van der Waals surface area contributed by atoms with Gasteiger partial charge in [0.2, 0.25) is 33.5 Å². The van der Waals surface area contributed by atoms with Crippen LogP contribution in [0.25, 0.3) is 0 Å².